The Morgan fingerprint density at radius 1 is 1.24 bits per heavy atom. The standard InChI is InChI=1S/C26H26ClN3O2S/c1-3-21(31)23-13-20-26(33-23)16(8-9-28-20)18-12-15(27)10-14-11-22(32-25(14)18)24-17-6-4-5-7-19(17)29-30(24)2/h8-10,12-13,21-22,31H,3-7,11H2,1-2H3/t21?,22-/m1/s1. The first-order valence-corrected chi connectivity index (χ1v) is 12.8. The van der Waals surface area contributed by atoms with Crippen LogP contribution in [0.25, 0.3) is 21.3 Å². The van der Waals surface area contributed by atoms with Gasteiger partial charge in [-0.25, -0.2) is 0 Å². The summed E-state index contributed by atoms with van der Waals surface area (Å²) in [6.45, 7) is 1.98. The van der Waals surface area contributed by atoms with Gasteiger partial charge in [-0.2, -0.15) is 5.10 Å². The van der Waals surface area contributed by atoms with Crippen LogP contribution >= 0.6 is 22.9 Å². The molecule has 0 bridgehead atoms. The summed E-state index contributed by atoms with van der Waals surface area (Å²) in [5.74, 6) is 0.897. The molecule has 33 heavy (non-hydrogen) atoms. The third kappa shape index (κ3) is 3.47. The first-order chi connectivity index (χ1) is 16.0. The van der Waals surface area contributed by atoms with Gasteiger partial charge in [0.25, 0.3) is 0 Å². The Morgan fingerprint density at radius 2 is 2.09 bits per heavy atom. The van der Waals surface area contributed by atoms with Crippen molar-refractivity contribution >= 4 is 33.2 Å². The number of nitrogens with zero attached hydrogens (tertiary/aromatic N) is 3. The third-order valence-corrected chi connectivity index (χ3v) is 8.38. The van der Waals surface area contributed by atoms with Gasteiger partial charge in [-0.05, 0) is 56.4 Å². The van der Waals surface area contributed by atoms with Crippen LogP contribution in [0.2, 0.25) is 5.02 Å². The van der Waals surface area contributed by atoms with Gasteiger partial charge < -0.3 is 9.84 Å². The molecule has 0 amide bonds. The van der Waals surface area contributed by atoms with Crippen molar-refractivity contribution in [3.8, 4) is 16.9 Å². The van der Waals surface area contributed by atoms with Gasteiger partial charge >= 0.3 is 0 Å². The normalized spacial score (nSPS) is 18.2. The zero-order valence-electron chi connectivity index (χ0n) is 18.8. The minimum Gasteiger partial charge on any atom is -0.483 e. The van der Waals surface area contributed by atoms with E-state index in [9.17, 15) is 5.11 Å². The van der Waals surface area contributed by atoms with Gasteiger partial charge in [0, 0.05) is 51.8 Å². The predicted octanol–water partition coefficient (Wildman–Crippen LogP) is 6.35. The van der Waals surface area contributed by atoms with Crippen LogP contribution in [0, 0.1) is 0 Å². The lowest BCUT2D eigenvalue weighted by molar-refractivity contribution is 0.177. The maximum Gasteiger partial charge on any atom is 0.145 e. The van der Waals surface area contributed by atoms with E-state index in [2.05, 4.69) is 4.98 Å². The number of thiophene rings is 1. The summed E-state index contributed by atoms with van der Waals surface area (Å²) in [5.41, 5.74) is 7.86. The van der Waals surface area contributed by atoms with Gasteiger partial charge in [0.1, 0.15) is 11.9 Å². The molecule has 4 aromatic rings. The van der Waals surface area contributed by atoms with Gasteiger partial charge in [0.2, 0.25) is 0 Å². The van der Waals surface area contributed by atoms with E-state index in [1.807, 2.05) is 49.1 Å². The Bertz CT molecular complexity index is 1380. The number of benzene rings is 1. The summed E-state index contributed by atoms with van der Waals surface area (Å²) < 4.78 is 9.75. The van der Waals surface area contributed by atoms with E-state index in [-0.39, 0.29) is 6.10 Å². The Balaban J connectivity index is 1.45. The molecule has 1 unspecified atom stereocenters. The average molecular weight is 480 g/mol. The second-order valence-corrected chi connectivity index (χ2v) is 10.6. The molecule has 0 radical (unpaired) electrons. The molecule has 1 aliphatic carbocycles. The molecule has 1 aliphatic heterocycles. The Hall–Kier alpha value is -2.41. The number of pyridine rings is 1. The monoisotopic (exact) mass is 479 g/mol. The van der Waals surface area contributed by atoms with E-state index < -0.39 is 6.10 Å². The van der Waals surface area contributed by atoms with Crippen LogP contribution in [-0.4, -0.2) is 19.9 Å². The minimum absolute atomic E-state index is 0.0605. The lowest BCUT2D eigenvalue weighted by Crippen LogP contribution is -2.12. The van der Waals surface area contributed by atoms with Crippen LogP contribution < -0.4 is 4.74 Å². The van der Waals surface area contributed by atoms with Crippen LogP contribution in [0.4, 0.5) is 0 Å². The highest BCUT2D eigenvalue weighted by Gasteiger charge is 2.34. The van der Waals surface area contributed by atoms with Gasteiger partial charge in [-0.1, -0.05) is 18.5 Å². The van der Waals surface area contributed by atoms with Crippen LogP contribution in [-0.2, 0) is 26.3 Å². The average Bonchev–Trinajstić information content (AvgIpc) is 3.51. The first kappa shape index (κ1) is 21.1. The van der Waals surface area contributed by atoms with Crippen LogP contribution in [0.1, 0.15) is 65.8 Å². The number of fused-ring (bicyclic) bond motifs is 3. The summed E-state index contributed by atoms with van der Waals surface area (Å²) in [6.07, 6.45) is 7.30. The number of hydrogen-bond acceptors (Lipinski definition) is 5. The molecule has 1 aromatic carbocycles. The smallest absolute Gasteiger partial charge is 0.145 e. The molecule has 0 spiro atoms. The predicted molar refractivity (Wildman–Crippen MR) is 132 cm³/mol. The third-order valence-electron chi connectivity index (χ3n) is 6.90. The first-order valence-electron chi connectivity index (χ1n) is 11.6. The molecule has 0 saturated heterocycles. The van der Waals surface area contributed by atoms with E-state index in [1.165, 1.54) is 29.8 Å². The molecule has 2 atom stereocenters. The number of aliphatic hydroxyl groups excluding tert-OH is 1. The van der Waals surface area contributed by atoms with Crippen molar-refractivity contribution in [2.45, 2.75) is 57.7 Å². The van der Waals surface area contributed by atoms with Crippen molar-refractivity contribution in [2.24, 2.45) is 7.05 Å². The van der Waals surface area contributed by atoms with E-state index >= 15 is 0 Å². The van der Waals surface area contributed by atoms with E-state index in [0.29, 0.717) is 11.4 Å². The van der Waals surface area contributed by atoms with Crippen molar-refractivity contribution < 1.29 is 9.84 Å². The summed E-state index contributed by atoms with van der Waals surface area (Å²) in [4.78, 5) is 5.49. The number of aliphatic hydroxyl groups is 1. The topological polar surface area (TPSA) is 60.2 Å². The highest BCUT2D eigenvalue weighted by molar-refractivity contribution is 7.19. The highest BCUT2D eigenvalue weighted by atomic mass is 35.5. The van der Waals surface area contributed by atoms with Crippen molar-refractivity contribution in [1.29, 1.82) is 0 Å². The second kappa shape index (κ2) is 8.12. The second-order valence-electron chi connectivity index (χ2n) is 9.04. The Morgan fingerprint density at radius 3 is 2.94 bits per heavy atom. The van der Waals surface area contributed by atoms with Crippen LogP contribution in [0.3, 0.4) is 0 Å². The number of aryl methyl sites for hydroxylation is 2. The van der Waals surface area contributed by atoms with Gasteiger partial charge in [-0.3, -0.25) is 9.67 Å². The number of halogens is 1. The molecule has 0 fully saturated rings. The number of hydrogen-bond donors (Lipinski definition) is 1. The van der Waals surface area contributed by atoms with Crippen molar-refractivity contribution in [3.05, 3.63) is 62.9 Å². The van der Waals surface area contributed by atoms with Gasteiger partial charge in [0.05, 0.1) is 27.7 Å². The fourth-order valence-electron chi connectivity index (χ4n) is 5.32. The zero-order valence-corrected chi connectivity index (χ0v) is 20.3. The molecule has 7 heteroatoms. The van der Waals surface area contributed by atoms with E-state index in [0.717, 1.165) is 56.8 Å². The highest BCUT2D eigenvalue weighted by Crippen LogP contribution is 2.48. The Kier molecular flexibility index (Phi) is 5.20. The van der Waals surface area contributed by atoms with Crippen LogP contribution in [0.15, 0.2) is 30.5 Å². The lowest BCUT2D eigenvalue weighted by Gasteiger charge is -2.17. The summed E-state index contributed by atoms with van der Waals surface area (Å²) in [6, 6.07) is 8.04. The zero-order chi connectivity index (χ0) is 22.7. The molecule has 2 aliphatic rings. The molecule has 4 heterocycles. The molecule has 5 nitrogen and oxygen atoms in total. The summed E-state index contributed by atoms with van der Waals surface area (Å²) in [5, 5.41) is 15.9. The van der Waals surface area contributed by atoms with Crippen LogP contribution in [0.5, 0.6) is 5.75 Å². The molecular formula is C26H26ClN3O2S. The minimum atomic E-state index is -0.473. The van der Waals surface area contributed by atoms with Crippen molar-refractivity contribution in [1.82, 2.24) is 14.8 Å². The van der Waals surface area contributed by atoms with Crippen molar-refractivity contribution in [2.75, 3.05) is 0 Å². The summed E-state index contributed by atoms with van der Waals surface area (Å²) >= 11 is 8.20. The molecular weight excluding hydrogens is 454 g/mol. The number of ether oxygens (including phenoxy) is 1. The Labute approximate surface area is 202 Å². The van der Waals surface area contributed by atoms with E-state index in [1.54, 1.807) is 11.3 Å². The molecule has 3 aromatic heterocycles. The van der Waals surface area contributed by atoms with Gasteiger partial charge in [0.15, 0.2) is 0 Å². The summed E-state index contributed by atoms with van der Waals surface area (Å²) in [7, 11) is 2.03. The molecule has 0 saturated carbocycles. The van der Waals surface area contributed by atoms with Gasteiger partial charge in [-0.15, -0.1) is 11.3 Å². The molecule has 6 rings (SSSR count). The fraction of sp³-hybridized carbons (Fsp3) is 0.385. The fourth-order valence-corrected chi connectivity index (χ4v) is 6.77. The number of rotatable bonds is 4. The quantitative estimate of drug-likeness (QED) is 0.370. The molecule has 170 valence electrons. The molecule has 1 N–H and O–H groups in total. The number of aromatic nitrogens is 3. The lowest BCUT2D eigenvalue weighted by atomic mass is 9.93. The largest absolute Gasteiger partial charge is 0.483 e. The van der Waals surface area contributed by atoms with Crippen molar-refractivity contribution in [3.63, 3.8) is 0 Å². The SMILES string of the molecule is CCC(O)c1cc2nccc(-c3cc(Cl)cc4c3O[C@@H](c3c5c(nn3C)CCCC5)C4)c2s1. The van der Waals surface area contributed by atoms with E-state index in [4.69, 9.17) is 21.4 Å². The maximum absolute atomic E-state index is 10.4. The maximum atomic E-state index is 10.4.